The average molecular weight is 329 g/mol. The zero-order valence-electron chi connectivity index (χ0n) is 11.0. The quantitative estimate of drug-likeness (QED) is 0.795. The van der Waals surface area contributed by atoms with Gasteiger partial charge in [-0.05, 0) is 48.3 Å². The SMILES string of the molecule is Cc1cccc(NC(=O)NC(C)C(C)C(=O)O)c1Br. The van der Waals surface area contributed by atoms with Crippen LogP contribution in [0.4, 0.5) is 10.5 Å². The third-order valence-corrected chi connectivity index (χ3v) is 3.99. The molecule has 0 aromatic heterocycles. The number of aryl methyl sites for hydroxylation is 1. The van der Waals surface area contributed by atoms with Crippen molar-refractivity contribution in [2.45, 2.75) is 26.8 Å². The molecule has 5 nitrogen and oxygen atoms in total. The molecule has 1 aromatic rings. The molecule has 2 amide bonds. The smallest absolute Gasteiger partial charge is 0.319 e. The molecule has 0 spiro atoms. The first-order chi connectivity index (χ1) is 8.82. The number of rotatable bonds is 4. The predicted molar refractivity (Wildman–Crippen MR) is 77.3 cm³/mol. The second kappa shape index (κ2) is 6.56. The number of carboxylic acid groups (broad SMARTS) is 1. The Morgan fingerprint density at radius 2 is 1.95 bits per heavy atom. The van der Waals surface area contributed by atoms with Gasteiger partial charge in [-0.2, -0.15) is 0 Å². The van der Waals surface area contributed by atoms with E-state index in [0.29, 0.717) is 5.69 Å². The Morgan fingerprint density at radius 1 is 1.32 bits per heavy atom. The zero-order chi connectivity index (χ0) is 14.6. The van der Waals surface area contributed by atoms with Crippen LogP contribution in [0.3, 0.4) is 0 Å². The number of halogens is 1. The molecule has 3 N–H and O–H groups in total. The monoisotopic (exact) mass is 328 g/mol. The van der Waals surface area contributed by atoms with E-state index in [1.54, 1.807) is 19.9 Å². The van der Waals surface area contributed by atoms with Crippen LogP contribution in [0.5, 0.6) is 0 Å². The maximum Gasteiger partial charge on any atom is 0.319 e. The van der Waals surface area contributed by atoms with Crippen molar-refractivity contribution in [3.63, 3.8) is 0 Å². The molecule has 0 saturated heterocycles. The third kappa shape index (κ3) is 4.24. The molecule has 0 fully saturated rings. The minimum absolute atomic E-state index is 0.424. The minimum atomic E-state index is -0.940. The van der Waals surface area contributed by atoms with Crippen molar-refractivity contribution in [1.29, 1.82) is 0 Å². The molecule has 0 heterocycles. The lowest BCUT2D eigenvalue weighted by atomic mass is 10.0. The maximum absolute atomic E-state index is 11.8. The fraction of sp³-hybridized carbons (Fsp3) is 0.385. The van der Waals surface area contributed by atoms with Gasteiger partial charge in [0, 0.05) is 10.5 Å². The van der Waals surface area contributed by atoms with Crippen LogP contribution in [0, 0.1) is 12.8 Å². The Labute approximate surface area is 120 Å². The third-order valence-electron chi connectivity index (χ3n) is 2.94. The Bertz CT molecular complexity index is 491. The molecule has 104 valence electrons. The lowest BCUT2D eigenvalue weighted by Gasteiger charge is -2.18. The van der Waals surface area contributed by atoms with Gasteiger partial charge in [0.25, 0.3) is 0 Å². The van der Waals surface area contributed by atoms with Crippen LogP contribution >= 0.6 is 15.9 Å². The van der Waals surface area contributed by atoms with E-state index < -0.39 is 24.0 Å². The molecule has 2 unspecified atom stereocenters. The van der Waals surface area contributed by atoms with Gasteiger partial charge in [0.05, 0.1) is 11.6 Å². The van der Waals surface area contributed by atoms with Gasteiger partial charge >= 0.3 is 12.0 Å². The molecule has 2 atom stereocenters. The Morgan fingerprint density at radius 3 is 2.53 bits per heavy atom. The van der Waals surface area contributed by atoms with E-state index in [1.807, 2.05) is 19.1 Å². The Hall–Kier alpha value is -1.56. The maximum atomic E-state index is 11.8. The lowest BCUT2D eigenvalue weighted by Crippen LogP contribution is -2.42. The summed E-state index contributed by atoms with van der Waals surface area (Å²) in [5, 5.41) is 14.1. The summed E-state index contributed by atoms with van der Waals surface area (Å²) < 4.78 is 0.809. The lowest BCUT2D eigenvalue weighted by molar-refractivity contribution is -0.141. The molecule has 19 heavy (non-hydrogen) atoms. The first-order valence-corrected chi connectivity index (χ1v) is 6.67. The topological polar surface area (TPSA) is 78.4 Å². The number of hydrogen-bond acceptors (Lipinski definition) is 2. The van der Waals surface area contributed by atoms with Crippen LogP contribution in [0.2, 0.25) is 0 Å². The number of urea groups is 1. The molecule has 0 aliphatic carbocycles. The van der Waals surface area contributed by atoms with Gasteiger partial charge in [-0.15, -0.1) is 0 Å². The Kier molecular flexibility index (Phi) is 5.35. The van der Waals surface area contributed by atoms with Gasteiger partial charge in [-0.1, -0.05) is 12.1 Å². The standard InChI is InChI=1S/C13H17BrN2O3/c1-7-5-4-6-10(11(7)14)16-13(19)15-9(3)8(2)12(17)18/h4-6,8-9H,1-3H3,(H,17,18)(H2,15,16,19). The highest BCUT2D eigenvalue weighted by atomic mass is 79.9. The second-order valence-corrected chi connectivity index (χ2v) is 5.24. The predicted octanol–water partition coefficient (Wildman–Crippen LogP) is 2.99. The second-order valence-electron chi connectivity index (χ2n) is 4.45. The van der Waals surface area contributed by atoms with Gasteiger partial charge in [-0.25, -0.2) is 4.79 Å². The summed E-state index contributed by atoms with van der Waals surface area (Å²) in [5.41, 5.74) is 1.65. The van der Waals surface area contributed by atoms with Crippen molar-refractivity contribution < 1.29 is 14.7 Å². The van der Waals surface area contributed by atoms with E-state index in [4.69, 9.17) is 5.11 Å². The highest BCUT2D eigenvalue weighted by Crippen LogP contribution is 2.25. The van der Waals surface area contributed by atoms with Crippen LogP contribution in [-0.2, 0) is 4.79 Å². The number of anilines is 1. The van der Waals surface area contributed by atoms with Crippen LogP contribution in [0.15, 0.2) is 22.7 Å². The highest BCUT2D eigenvalue weighted by Gasteiger charge is 2.21. The van der Waals surface area contributed by atoms with Crippen LogP contribution < -0.4 is 10.6 Å². The normalized spacial score (nSPS) is 13.5. The molecule has 0 radical (unpaired) electrons. The molecule has 0 aliphatic heterocycles. The van der Waals surface area contributed by atoms with Crippen molar-refractivity contribution in [1.82, 2.24) is 5.32 Å². The summed E-state index contributed by atoms with van der Waals surface area (Å²) in [6, 6.07) is 4.64. The van der Waals surface area contributed by atoms with Crippen LogP contribution in [-0.4, -0.2) is 23.1 Å². The molecule has 0 aliphatic rings. The average Bonchev–Trinajstić information content (AvgIpc) is 2.33. The van der Waals surface area contributed by atoms with Crippen molar-refractivity contribution in [2.24, 2.45) is 5.92 Å². The molecule has 1 rings (SSSR count). The number of nitrogens with one attached hydrogen (secondary N) is 2. The molecule has 0 saturated carbocycles. The number of carbonyl (C=O) groups is 2. The Balaban J connectivity index is 2.66. The molecular weight excluding hydrogens is 312 g/mol. The van der Waals surface area contributed by atoms with E-state index in [1.165, 1.54) is 0 Å². The van der Waals surface area contributed by atoms with Gasteiger partial charge in [0.2, 0.25) is 0 Å². The van der Waals surface area contributed by atoms with Crippen LogP contribution in [0.25, 0.3) is 0 Å². The number of carboxylic acids is 1. The number of aliphatic carboxylic acids is 1. The van der Waals surface area contributed by atoms with E-state index in [2.05, 4.69) is 26.6 Å². The number of benzene rings is 1. The highest BCUT2D eigenvalue weighted by molar-refractivity contribution is 9.10. The van der Waals surface area contributed by atoms with E-state index in [-0.39, 0.29) is 0 Å². The van der Waals surface area contributed by atoms with E-state index in [0.717, 1.165) is 10.0 Å². The molecular formula is C13H17BrN2O3. The minimum Gasteiger partial charge on any atom is -0.481 e. The zero-order valence-corrected chi connectivity index (χ0v) is 12.6. The van der Waals surface area contributed by atoms with Gasteiger partial charge in [-0.3, -0.25) is 4.79 Å². The largest absolute Gasteiger partial charge is 0.481 e. The fourth-order valence-electron chi connectivity index (χ4n) is 1.45. The van der Waals surface area contributed by atoms with Crippen molar-refractivity contribution in [2.75, 3.05) is 5.32 Å². The molecule has 6 heteroatoms. The first-order valence-electron chi connectivity index (χ1n) is 5.88. The van der Waals surface area contributed by atoms with E-state index in [9.17, 15) is 9.59 Å². The first kappa shape index (κ1) is 15.5. The van der Waals surface area contributed by atoms with Crippen LogP contribution in [0.1, 0.15) is 19.4 Å². The number of hydrogen-bond donors (Lipinski definition) is 3. The van der Waals surface area contributed by atoms with Gasteiger partial charge < -0.3 is 15.7 Å². The molecule has 1 aromatic carbocycles. The summed E-state index contributed by atoms with van der Waals surface area (Å²) in [6.45, 7) is 5.13. The summed E-state index contributed by atoms with van der Waals surface area (Å²) in [6.07, 6.45) is 0. The van der Waals surface area contributed by atoms with Crippen molar-refractivity contribution in [3.8, 4) is 0 Å². The number of carbonyl (C=O) groups excluding carboxylic acids is 1. The summed E-state index contributed by atoms with van der Waals surface area (Å²) in [4.78, 5) is 22.6. The summed E-state index contributed by atoms with van der Waals surface area (Å²) in [5.74, 6) is -1.59. The number of amides is 2. The summed E-state index contributed by atoms with van der Waals surface area (Å²) in [7, 11) is 0. The summed E-state index contributed by atoms with van der Waals surface area (Å²) >= 11 is 3.39. The fourth-order valence-corrected chi connectivity index (χ4v) is 1.81. The van der Waals surface area contributed by atoms with Crippen molar-refractivity contribution in [3.05, 3.63) is 28.2 Å². The van der Waals surface area contributed by atoms with Gasteiger partial charge in [0.15, 0.2) is 0 Å². The van der Waals surface area contributed by atoms with E-state index >= 15 is 0 Å². The van der Waals surface area contributed by atoms with Crippen molar-refractivity contribution >= 4 is 33.6 Å². The molecule has 0 bridgehead atoms. The van der Waals surface area contributed by atoms with Gasteiger partial charge in [0.1, 0.15) is 0 Å².